The first-order chi connectivity index (χ1) is 6.46. The highest BCUT2D eigenvalue weighted by molar-refractivity contribution is 5.85. The minimum absolute atomic E-state index is 0. The molecule has 1 rings (SSSR count). The summed E-state index contributed by atoms with van der Waals surface area (Å²) in [5.74, 6) is 0. The molecule has 86 valence electrons. The van der Waals surface area contributed by atoms with Crippen molar-refractivity contribution in [3.63, 3.8) is 0 Å². The van der Waals surface area contributed by atoms with E-state index in [2.05, 4.69) is 5.32 Å². The monoisotopic (exact) mass is 239 g/mol. The second-order valence-corrected chi connectivity index (χ2v) is 3.10. The van der Waals surface area contributed by atoms with Gasteiger partial charge in [-0.2, -0.15) is 13.2 Å². The Hall–Kier alpha value is -0.740. The normalized spacial score (nSPS) is 13.1. The molecule has 0 saturated heterocycles. The van der Waals surface area contributed by atoms with Gasteiger partial charge in [-0.15, -0.1) is 12.4 Å². The summed E-state index contributed by atoms with van der Waals surface area (Å²) in [6, 6.07) is 5.30. The number of halogens is 4. The number of hydrogen-bond acceptors (Lipinski definition) is 1. The van der Waals surface area contributed by atoms with Gasteiger partial charge >= 0.3 is 6.18 Å². The molecular weight excluding hydrogens is 227 g/mol. The highest BCUT2D eigenvalue weighted by Gasteiger charge is 2.33. The molecule has 1 atom stereocenters. The van der Waals surface area contributed by atoms with Gasteiger partial charge in [0.05, 0.1) is 5.56 Å². The van der Waals surface area contributed by atoms with Gasteiger partial charge in [-0.25, -0.2) is 0 Å². The Morgan fingerprint density at radius 2 is 1.73 bits per heavy atom. The predicted molar refractivity (Wildman–Crippen MR) is 56.2 cm³/mol. The molecule has 5 heteroatoms. The maximum atomic E-state index is 12.5. The summed E-state index contributed by atoms with van der Waals surface area (Å²) in [6.07, 6.45) is -4.28. The average molecular weight is 240 g/mol. The third-order valence-electron chi connectivity index (χ3n) is 2.17. The van der Waals surface area contributed by atoms with Crippen LogP contribution in [-0.2, 0) is 6.18 Å². The molecule has 0 amide bonds. The zero-order valence-corrected chi connectivity index (χ0v) is 9.25. The topological polar surface area (TPSA) is 12.0 Å². The van der Waals surface area contributed by atoms with Crippen LogP contribution in [0.15, 0.2) is 24.3 Å². The maximum absolute atomic E-state index is 12.5. The number of rotatable bonds is 2. The summed E-state index contributed by atoms with van der Waals surface area (Å²) in [5, 5.41) is 2.79. The first-order valence-corrected chi connectivity index (χ1v) is 4.30. The Labute approximate surface area is 93.1 Å². The maximum Gasteiger partial charge on any atom is 0.416 e. The molecule has 1 aromatic rings. The molecule has 0 aliphatic rings. The van der Waals surface area contributed by atoms with Crippen molar-refractivity contribution in [1.29, 1.82) is 0 Å². The fraction of sp³-hybridized carbons (Fsp3) is 0.400. The summed E-state index contributed by atoms with van der Waals surface area (Å²) < 4.78 is 37.6. The fourth-order valence-corrected chi connectivity index (χ4v) is 1.29. The van der Waals surface area contributed by atoms with E-state index < -0.39 is 11.7 Å². The number of nitrogens with one attached hydrogen (secondary N) is 1. The van der Waals surface area contributed by atoms with Crippen molar-refractivity contribution in [2.45, 2.75) is 19.1 Å². The van der Waals surface area contributed by atoms with Gasteiger partial charge in [-0.3, -0.25) is 0 Å². The Bertz CT molecular complexity index is 312. The van der Waals surface area contributed by atoms with Crippen LogP contribution in [0.5, 0.6) is 0 Å². The Morgan fingerprint density at radius 1 is 1.20 bits per heavy atom. The third kappa shape index (κ3) is 3.39. The van der Waals surface area contributed by atoms with Crippen LogP contribution in [0.4, 0.5) is 13.2 Å². The molecular formula is C10H13ClF3N. The smallest absolute Gasteiger partial charge is 0.313 e. The Kier molecular flexibility index (Phi) is 5.11. The van der Waals surface area contributed by atoms with Crippen molar-refractivity contribution in [3.8, 4) is 0 Å². The van der Waals surface area contributed by atoms with Crippen LogP contribution in [0.2, 0.25) is 0 Å². The summed E-state index contributed by atoms with van der Waals surface area (Å²) >= 11 is 0. The van der Waals surface area contributed by atoms with Crippen LogP contribution in [0, 0.1) is 0 Å². The molecule has 0 fully saturated rings. The molecule has 0 saturated carbocycles. The molecule has 0 aliphatic carbocycles. The van der Waals surface area contributed by atoms with Crippen molar-refractivity contribution in [2.75, 3.05) is 7.05 Å². The lowest BCUT2D eigenvalue weighted by molar-refractivity contribution is -0.138. The van der Waals surface area contributed by atoms with Crippen LogP contribution in [0.25, 0.3) is 0 Å². The van der Waals surface area contributed by atoms with E-state index in [0.29, 0.717) is 0 Å². The van der Waals surface area contributed by atoms with Crippen LogP contribution in [0.3, 0.4) is 0 Å². The van der Waals surface area contributed by atoms with Gasteiger partial charge in [0.25, 0.3) is 0 Å². The molecule has 0 spiro atoms. The highest BCUT2D eigenvalue weighted by Crippen LogP contribution is 2.34. The molecule has 0 heterocycles. The number of hydrogen-bond donors (Lipinski definition) is 1. The van der Waals surface area contributed by atoms with Crippen LogP contribution < -0.4 is 5.32 Å². The van der Waals surface area contributed by atoms with E-state index in [1.807, 2.05) is 0 Å². The van der Waals surface area contributed by atoms with Gasteiger partial charge in [0.15, 0.2) is 0 Å². The van der Waals surface area contributed by atoms with Gasteiger partial charge in [0.2, 0.25) is 0 Å². The molecule has 0 bridgehead atoms. The van der Waals surface area contributed by atoms with Crippen molar-refractivity contribution in [3.05, 3.63) is 35.4 Å². The summed E-state index contributed by atoms with van der Waals surface area (Å²) in [5.41, 5.74) is -0.288. The molecule has 1 unspecified atom stereocenters. The standard InChI is InChI=1S/C10H12F3N.ClH/c1-7(14-2)8-5-3-4-6-9(8)10(11,12)13;/h3-7,14H,1-2H3;1H. The molecule has 1 N–H and O–H groups in total. The van der Waals surface area contributed by atoms with Crippen LogP contribution in [0.1, 0.15) is 24.1 Å². The summed E-state index contributed by atoms with van der Waals surface area (Å²) in [7, 11) is 1.64. The van der Waals surface area contributed by atoms with E-state index in [-0.39, 0.29) is 24.0 Å². The lowest BCUT2D eigenvalue weighted by atomic mass is 10.0. The number of benzene rings is 1. The zero-order chi connectivity index (χ0) is 10.8. The van der Waals surface area contributed by atoms with Crippen molar-refractivity contribution in [1.82, 2.24) is 5.32 Å². The van der Waals surface area contributed by atoms with E-state index in [0.717, 1.165) is 6.07 Å². The van der Waals surface area contributed by atoms with E-state index in [1.165, 1.54) is 12.1 Å². The van der Waals surface area contributed by atoms with Crippen molar-refractivity contribution < 1.29 is 13.2 Å². The van der Waals surface area contributed by atoms with Crippen LogP contribution in [-0.4, -0.2) is 7.05 Å². The molecule has 0 aromatic heterocycles. The van der Waals surface area contributed by atoms with Gasteiger partial charge in [-0.05, 0) is 25.6 Å². The van der Waals surface area contributed by atoms with Gasteiger partial charge in [0, 0.05) is 6.04 Å². The largest absolute Gasteiger partial charge is 0.416 e. The number of alkyl halides is 3. The predicted octanol–water partition coefficient (Wildman–Crippen LogP) is 3.41. The van der Waals surface area contributed by atoms with Crippen molar-refractivity contribution >= 4 is 12.4 Å². The second-order valence-electron chi connectivity index (χ2n) is 3.10. The average Bonchev–Trinajstić information content (AvgIpc) is 2.15. The first kappa shape index (κ1) is 14.3. The van der Waals surface area contributed by atoms with Crippen molar-refractivity contribution in [2.24, 2.45) is 0 Å². The highest BCUT2D eigenvalue weighted by atomic mass is 35.5. The Balaban J connectivity index is 0.00000196. The molecule has 1 aromatic carbocycles. The lowest BCUT2D eigenvalue weighted by Crippen LogP contribution is -2.18. The first-order valence-electron chi connectivity index (χ1n) is 4.30. The van der Waals surface area contributed by atoms with E-state index >= 15 is 0 Å². The molecule has 1 nitrogen and oxygen atoms in total. The SMILES string of the molecule is CNC(C)c1ccccc1C(F)(F)F.Cl. The molecule has 0 aliphatic heterocycles. The fourth-order valence-electron chi connectivity index (χ4n) is 1.29. The quantitative estimate of drug-likeness (QED) is 0.834. The minimum atomic E-state index is -4.28. The van der Waals surface area contributed by atoms with E-state index in [1.54, 1.807) is 20.0 Å². The summed E-state index contributed by atoms with van der Waals surface area (Å²) in [6.45, 7) is 1.70. The van der Waals surface area contributed by atoms with Gasteiger partial charge < -0.3 is 5.32 Å². The molecule has 0 radical (unpaired) electrons. The van der Waals surface area contributed by atoms with E-state index in [9.17, 15) is 13.2 Å². The van der Waals surface area contributed by atoms with Crippen LogP contribution >= 0.6 is 12.4 Å². The second kappa shape index (κ2) is 5.37. The van der Waals surface area contributed by atoms with Gasteiger partial charge in [0.1, 0.15) is 0 Å². The minimum Gasteiger partial charge on any atom is -0.313 e. The lowest BCUT2D eigenvalue weighted by Gasteiger charge is -2.17. The summed E-state index contributed by atoms with van der Waals surface area (Å²) in [4.78, 5) is 0. The van der Waals surface area contributed by atoms with E-state index in [4.69, 9.17) is 0 Å². The molecule has 15 heavy (non-hydrogen) atoms. The Morgan fingerprint density at radius 3 is 2.20 bits per heavy atom. The van der Waals surface area contributed by atoms with Gasteiger partial charge in [-0.1, -0.05) is 18.2 Å². The zero-order valence-electron chi connectivity index (χ0n) is 8.43. The third-order valence-corrected chi connectivity index (χ3v) is 2.17.